The number of amides is 1. The smallest absolute Gasteiger partial charge is 0.433 e. The van der Waals surface area contributed by atoms with Crippen LogP contribution in [-0.2, 0) is 0 Å². The van der Waals surface area contributed by atoms with Gasteiger partial charge >= 0.3 is 5.88 Å². The summed E-state index contributed by atoms with van der Waals surface area (Å²) in [5.74, 6) is -0.293. The highest BCUT2D eigenvalue weighted by molar-refractivity contribution is 5.97. The first-order valence-electron chi connectivity index (χ1n) is 5.82. The molecule has 0 aliphatic rings. The number of carbonyl (C=O) groups excluding carboxylic acids is 1. The van der Waals surface area contributed by atoms with Gasteiger partial charge in [0.1, 0.15) is 10.7 Å². The Balaban J connectivity index is 2.03. The lowest BCUT2D eigenvalue weighted by Gasteiger charge is -2.05. The number of ether oxygens (including phenoxy) is 1. The Labute approximate surface area is 119 Å². The fourth-order valence-electron chi connectivity index (χ4n) is 1.56. The van der Waals surface area contributed by atoms with E-state index in [1.165, 1.54) is 25.5 Å². The van der Waals surface area contributed by atoms with Gasteiger partial charge < -0.3 is 9.15 Å². The second-order valence-corrected chi connectivity index (χ2v) is 3.83. The average molecular weight is 289 g/mol. The Morgan fingerprint density at radius 1 is 1.38 bits per heavy atom. The molecule has 1 N–H and O–H groups in total. The molecule has 0 fully saturated rings. The molecule has 0 aliphatic carbocycles. The summed E-state index contributed by atoms with van der Waals surface area (Å²) >= 11 is 0. The minimum atomic E-state index is -0.662. The zero-order valence-corrected chi connectivity index (χ0v) is 11.0. The molecule has 0 atom stereocenters. The maximum absolute atomic E-state index is 11.9. The molecule has 0 radical (unpaired) electrons. The first-order valence-corrected chi connectivity index (χ1v) is 5.82. The molecule has 0 aliphatic heterocycles. The van der Waals surface area contributed by atoms with E-state index in [1.54, 1.807) is 24.3 Å². The number of furan rings is 1. The number of rotatable bonds is 5. The third-order valence-corrected chi connectivity index (χ3v) is 2.50. The van der Waals surface area contributed by atoms with Crippen LogP contribution in [0.2, 0.25) is 0 Å². The minimum absolute atomic E-state index is 0.155. The van der Waals surface area contributed by atoms with Gasteiger partial charge in [0.05, 0.1) is 25.0 Å². The number of para-hydroxylation sites is 1. The number of hydrazone groups is 1. The van der Waals surface area contributed by atoms with Crippen LogP contribution < -0.4 is 10.2 Å². The van der Waals surface area contributed by atoms with Crippen molar-refractivity contribution in [2.75, 3.05) is 7.11 Å². The van der Waals surface area contributed by atoms with Gasteiger partial charge in [0.2, 0.25) is 0 Å². The quantitative estimate of drug-likeness (QED) is 0.514. The van der Waals surface area contributed by atoms with Crippen LogP contribution in [0.3, 0.4) is 0 Å². The van der Waals surface area contributed by atoms with Gasteiger partial charge in [-0.15, -0.1) is 0 Å². The summed E-state index contributed by atoms with van der Waals surface area (Å²) in [5.41, 5.74) is 2.60. The van der Waals surface area contributed by atoms with E-state index in [2.05, 4.69) is 10.5 Å². The van der Waals surface area contributed by atoms with Crippen molar-refractivity contribution in [1.29, 1.82) is 0 Å². The van der Waals surface area contributed by atoms with Crippen molar-refractivity contribution < 1.29 is 18.9 Å². The van der Waals surface area contributed by atoms with Gasteiger partial charge in [-0.05, 0) is 18.2 Å². The van der Waals surface area contributed by atoms with Gasteiger partial charge in [-0.1, -0.05) is 12.1 Å². The number of nitro groups is 1. The largest absolute Gasteiger partial charge is 0.496 e. The van der Waals surface area contributed by atoms with Crippen molar-refractivity contribution in [1.82, 2.24) is 5.43 Å². The zero-order valence-electron chi connectivity index (χ0n) is 11.0. The lowest BCUT2D eigenvalue weighted by Crippen LogP contribution is -2.18. The van der Waals surface area contributed by atoms with Crippen molar-refractivity contribution in [3.05, 3.63) is 57.8 Å². The third-order valence-electron chi connectivity index (χ3n) is 2.50. The lowest BCUT2D eigenvalue weighted by molar-refractivity contribution is -0.402. The van der Waals surface area contributed by atoms with E-state index in [4.69, 9.17) is 9.15 Å². The summed E-state index contributed by atoms with van der Waals surface area (Å²) in [4.78, 5) is 21.7. The third kappa shape index (κ3) is 3.44. The second-order valence-electron chi connectivity index (χ2n) is 3.83. The Kier molecular flexibility index (Phi) is 4.30. The monoisotopic (exact) mass is 289 g/mol. The van der Waals surface area contributed by atoms with Gasteiger partial charge in [-0.25, -0.2) is 5.43 Å². The topological polar surface area (TPSA) is 107 Å². The Bertz CT molecular complexity index is 693. The van der Waals surface area contributed by atoms with Crippen molar-refractivity contribution in [2.24, 2.45) is 5.10 Å². The van der Waals surface area contributed by atoms with Gasteiger partial charge in [0.15, 0.2) is 5.76 Å². The average Bonchev–Trinajstić information content (AvgIpc) is 2.96. The molecule has 1 aromatic heterocycles. The van der Waals surface area contributed by atoms with Crippen molar-refractivity contribution in [3.63, 3.8) is 0 Å². The van der Waals surface area contributed by atoms with E-state index in [9.17, 15) is 14.9 Å². The molecular weight excluding hydrogens is 278 g/mol. The van der Waals surface area contributed by atoms with Gasteiger partial charge in [-0.2, -0.15) is 5.10 Å². The van der Waals surface area contributed by atoms with E-state index in [-0.39, 0.29) is 5.76 Å². The van der Waals surface area contributed by atoms with Crippen molar-refractivity contribution in [2.45, 2.75) is 0 Å². The zero-order chi connectivity index (χ0) is 15.2. The number of methoxy groups -OCH3 is 1. The van der Waals surface area contributed by atoms with Crippen LogP contribution in [0.25, 0.3) is 0 Å². The van der Waals surface area contributed by atoms with Crippen LogP contribution in [0, 0.1) is 10.1 Å². The fraction of sp³-hybridized carbons (Fsp3) is 0.0769. The number of benzene rings is 1. The number of hydrogen-bond donors (Lipinski definition) is 1. The molecule has 0 spiro atoms. The van der Waals surface area contributed by atoms with E-state index < -0.39 is 16.7 Å². The highest BCUT2D eigenvalue weighted by Crippen LogP contribution is 2.17. The molecule has 1 heterocycles. The Hall–Kier alpha value is -3.16. The molecule has 108 valence electrons. The normalized spacial score (nSPS) is 10.5. The van der Waals surface area contributed by atoms with Crippen molar-refractivity contribution >= 4 is 18.0 Å². The van der Waals surface area contributed by atoms with Gasteiger partial charge in [0, 0.05) is 0 Å². The molecular formula is C13H11N3O5. The first-order chi connectivity index (χ1) is 10.1. The predicted octanol–water partition coefficient (Wildman–Crippen LogP) is 1.96. The standard InChI is InChI=1S/C13H11N3O5/c1-20-11-5-3-2-4-10(11)13(17)15-14-8-9-6-7-12(21-9)16(18)19/h2-8H,1H3,(H,15,17)/b14-8+. The predicted molar refractivity (Wildman–Crippen MR) is 73.4 cm³/mol. The second kappa shape index (κ2) is 6.33. The maximum atomic E-state index is 11.9. The van der Waals surface area contributed by atoms with Crippen LogP contribution in [0.4, 0.5) is 5.88 Å². The van der Waals surface area contributed by atoms with E-state index >= 15 is 0 Å². The van der Waals surface area contributed by atoms with Crippen LogP contribution in [-0.4, -0.2) is 24.2 Å². The molecule has 2 rings (SSSR count). The SMILES string of the molecule is COc1ccccc1C(=O)N/N=C/c1ccc([N+](=O)[O-])o1. The molecule has 2 aromatic rings. The lowest BCUT2D eigenvalue weighted by atomic mass is 10.2. The van der Waals surface area contributed by atoms with Gasteiger partial charge in [0.25, 0.3) is 5.91 Å². The molecule has 0 unspecified atom stereocenters. The molecule has 0 bridgehead atoms. The molecule has 0 saturated heterocycles. The number of hydrogen-bond acceptors (Lipinski definition) is 6. The minimum Gasteiger partial charge on any atom is -0.496 e. The molecule has 1 amide bonds. The van der Waals surface area contributed by atoms with Crippen molar-refractivity contribution in [3.8, 4) is 5.75 Å². The summed E-state index contributed by atoms with van der Waals surface area (Å²) in [6.07, 6.45) is 1.17. The van der Waals surface area contributed by atoms with E-state index in [1.807, 2.05) is 0 Å². The van der Waals surface area contributed by atoms with Crippen LogP contribution in [0.15, 0.2) is 45.9 Å². The highest BCUT2D eigenvalue weighted by atomic mass is 16.6. The summed E-state index contributed by atoms with van der Waals surface area (Å²) < 4.78 is 9.91. The van der Waals surface area contributed by atoms with Gasteiger partial charge in [-0.3, -0.25) is 14.9 Å². The number of nitrogens with one attached hydrogen (secondary N) is 1. The van der Waals surface area contributed by atoms with Crippen LogP contribution in [0.1, 0.15) is 16.1 Å². The molecule has 8 nitrogen and oxygen atoms in total. The number of carbonyl (C=O) groups is 1. The molecule has 0 saturated carbocycles. The summed E-state index contributed by atoms with van der Waals surface area (Å²) in [7, 11) is 1.46. The first kappa shape index (κ1) is 14.3. The maximum Gasteiger partial charge on any atom is 0.433 e. The fourth-order valence-corrected chi connectivity index (χ4v) is 1.56. The van der Waals surface area contributed by atoms with E-state index in [0.29, 0.717) is 11.3 Å². The molecule has 8 heteroatoms. The van der Waals surface area contributed by atoms with E-state index in [0.717, 1.165) is 0 Å². The summed E-state index contributed by atoms with van der Waals surface area (Å²) in [6.45, 7) is 0. The Morgan fingerprint density at radius 2 is 2.14 bits per heavy atom. The summed E-state index contributed by atoms with van der Waals surface area (Å²) in [5, 5.41) is 14.1. The van der Waals surface area contributed by atoms with Crippen LogP contribution in [0.5, 0.6) is 5.75 Å². The van der Waals surface area contributed by atoms with Crippen LogP contribution >= 0.6 is 0 Å². The highest BCUT2D eigenvalue weighted by Gasteiger charge is 2.12. The number of nitrogens with zero attached hydrogens (tertiary/aromatic N) is 2. The molecule has 1 aromatic carbocycles. The Morgan fingerprint density at radius 3 is 2.81 bits per heavy atom. The molecule has 21 heavy (non-hydrogen) atoms. The summed E-state index contributed by atoms with van der Waals surface area (Å²) in [6, 6.07) is 9.23.